The monoisotopic (exact) mass is 285 g/mol. The molecule has 0 aromatic carbocycles. The van der Waals surface area contributed by atoms with Crippen LogP contribution < -0.4 is 0 Å². The highest BCUT2D eigenvalue weighted by Gasteiger charge is 2.36. The highest BCUT2D eigenvalue weighted by Crippen LogP contribution is 2.21. The van der Waals surface area contributed by atoms with E-state index in [0.29, 0.717) is 32.6 Å². The van der Waals surface area contributed by atoms with E-state index in [2.05, 4.69) is 0 Å². The van der Waals surface area contributed by atoms with E-state index in [1.165, 1.54) is 0 Å². The van der Waals surface area contributed by atoms with E-state index in [-0.39, 0.29) is 11.9 Å². The number of carbonyl (C=O) groups is 2. The van der Waals surface area contributed by atoms with Crippen LogP contribution in [0.25, 0.3) is 0 Å². The average molecular weight is 285 g/mol. The van der Waals surface area contributed by atoms with E-state index in [1.54, 1.807) is 4.90 Å². The van der Waals surface area contributed by atoms with Crippen molar-refractivity contribution in [2.75, 3.05) is 19.8 Å². The lowest BCUT2D eigenvalue weighted by Crippen LogP contribution is -2.43. The van der Waals surface area contributed by atoms with Crippen LogP contribution >= 0.6 is 0 Å². The van der Waals surface area contributed by atoms with Crippen LogP contribution in [0.5, 0.6) is 0 Å². The molecule has 20 heavy (non-hydrogen) atoms. The van der Waals surface area contributed by atoms with E-state index in [0.717, 1.165) is 12.8 Å². The summed E-state index contributed by atoms with van der Waals surface area (Å²) in [6.45, 7) is 9.27. The summed E-state index contributed by atoms with van der Waals surface area (Å²) < 4.78 is 10.7. The summed E-state index contributed by atoms with van der Waals surface area (Å²) in [6, 6.07) is -0.423. The predicted octanol–water partition coefficient (Wildman–Crippen LogP) is 2.14. The van der Waals surface area contributed by atoms with Gasteiger partial charge >= 0.3 is 5.97 Å². The number of rotatable bonds is 6. The Bertz CT molecular complexity index is 335. The molecule has 1 aliphatic heterocycles. The average Bonchev–Trinajstić information content (AvgIpc) is 2.81. The summed E-state index contributed by atoms with van der Waals surface area (Å²) in [4.78, 5) is 25.9. The van der Waals surface area contributed by atoms with Crippen LogP contribution in [0.4, 0.5) is 0 Å². The van der Waals surface area contributed by atoms with Crippen molar-refractivity contribution < 1.29 is 19.1 Å². The predicted molar refractivity (Wildman–Crippen MR) is 76.3 cm³/mol. The van der Waals surface area contributed by atoms with Gasteiger partial charge in [-0.25, -0.2) is 4.79 Å². The normalized spacial score (nSPS) is 19.2. The fourth-order valence-corrected chi connectivity index (χ4v) is 2.23. The van der Waals surface area contributed by atoms with Gasteiger partial charge in [0.15, 0.2) is 0 Å². The molecule has 0 aliphatic carbocycles. The molecule has 0 unspecified atom stereocenters. The van der Waals surface area contributed by atoms with Gasteiger partial charge in [-0.05, 0) is 40.0 Å². The lowest BCUT2D eigenvalue weighted by molar-refractivity contribution is -0.163. The number of hydrogen-bond acceptors (Lipinski definition) is 4. The van der Waals surface area contributed by atoms with Gasteiger partial charge in [-0.3, -0.25) is 4.79 Å². The Balaban J connectivity index is 2.47. The van der Waals surface area contributed by atoms with E-state index in [9.17, 15) is 9.59 Å². The van der Waals surface area contributed by atoms with Crippen molar-refractivity contribution >= 4 is 11.9 Å². The zero-order valence-corrected chi connectivity index (χ0v) is 13.1. The third kappa shape index (κ3) is 5.49. The second-order valence-corrected chi connectivity index (χ2v) is 6.14. The number of hydrogen-bond donors (Lipinski definition) is 0. The van der Waals surface area contributed by atoms with Crippen LogP contribution in [0.15, 0.2) is 0 Å². The number of amides is 1. The molecule has 0 spiro atoms. The third-order valence-electron chi connectivity index (χ3n) is 3.06. The molecular weight excluding hydrogens is 258 g/mol. The molecule has 0 N–H and O–H groups in total. The minimum Gasteiger partial charge on any atom is -0.458 e. The van der Waals surface area contributed by atoms with Crippen LogP contribution in [0, 0.1) is 0 Å². The van der Waals surface area contributed by atoms with Gasteiger partial charge in [0.25, 0.3) is 0 Å². The van der Waals surface area contributed by atoms with Gasteiger partial charge in [0.2, 0.25) is 5.91 Å². The van der Waals surface area contributed by atoms with Gasteiger partial charge in [-0.1, -0.05) is 6.92 Å². The van der Waals surface area contributed by atoms with E-state index < -0.39 is 11.6 Å². The van der Waals surface area contributed by atoms with E-state index >= 15 is 0 Å². The van der Waals surface area contributed by atoms with Gasteiger partial charge in [-0.2, -0.15) is 0 Å². The first-order chi connectivity index (χ1) is 9.35. The molecular formula is C15H27NO4. The van der Waals surface area contributed by atoms with Crippen molar-refractivity contribution in [2.45, 2.75) is 65.0 Å². The van der Waals surface area contributed by atoms with Crippen LogP contribution in [-0.2, 0) is 19.1 Å². The summed E-state index contributed by atoms with van der Waals surface area (Å²) in [7, 11) is 0. The first-order valence-corrected chi connectivity index (χ1v) is 7.45. The van der Waals surface area contributed by atoms with Gasteiger partial charge in [0.05, 0.1) is 13.0 Å². The van der Waals surface area contributed by atoms with Crippen molar-refractivity contribution in [3.05, 3.63) is 0 Å². The summed E-state index contributed by atoms with van der Waals surface area (Å²) in [5.74, 6) is -0.313. The fraction of sp³-hybridized carbons (Fsp3) is 0.867. The maximum absolute atomic E-state index is 12.1. The maximum Gasteiger partial charge on any atom is 0.329 e. The Hall–Kier alpha value is -1.10. The minimum atomic E-state index is -0.515. The molecule has 1 saturated heterocycles. The maximum atomic E-state index is 12.1. The molecule has 1 amide bonds. The zero-order chi connectivity index (χ0) is 15.2. The Morgan fingerprint density at radius 2 is 1.95 bits per heavy atom. The first-order valence-electron chi connectivity index (χ1n) is 7.45. The molecule has 1 heterocycles. The smallest absolute Gasteiger partial charge is 0.329 e. The number of ether oxygens (including phenoxy) is 2. The van der Waals surface area contributed by atoms with Crippen molar-refractivity contribution in [1.82, 2.24) is 4.90 Å². The lowest BCUT2D eigenvalue weighted by atomic mass is 10.1. The second-order valence-electron chi connectivity index (χ2n) is 6.14. The Morgan fingerprint density at radius 1 is 1.25 bits per heavy atom. The number of esters is 1. The fourth-order valence-electron chi connectivity index (χ4n) is 2.23. The molecule has 1 aliphatic rings. The summed E-state index contributed by atoms with van der Waals surface area (Å²) in [6.07, 6.45) is 2.82. The summed E-state index contributed by atoms with van der Waals surface area (Å²) in [5, 5.41) is 0. The summed E-state index contributed by atoms with van der Waals surface area (Å²) >= 11 is 0. The van der Waals surface area contributed by atoms with Crippen molar-refractivity contribution in [3.8, 4) is 0 Å². The standard InChI is InChI=1S/C15H27NO4/c1-5-10-19-11-8-13(17)16-9-6-7-12(16)14(18)20-15(2,3)4/h12H,5-11H2,1-4H3/t12-/m1/s1. The molecule has 1 fully saturated rings. The molecule has 0 bridgehead atoms. The Labute approximate surface area is 121 Å². The van der Waals surface area contributed by atoms with Gasteiger partial charge in [-0.15, -0.1) is 0 Å². The molecule has 0 aromatic rings. The van der Waals surface area contributed by atoms with Crippen LogP contribution in [0.3, 0.4) is 0 Å². The topological polar surface area (TPSA) is 55.8 Å². The molecule has 0 radical (unpaired) electrons. The molecule has 116 valence electrons. The van der Waals surface area contributed by atoms with Crippen LogP contribution in [-0.4, -0.2) is 48.2 Å². The quantitative estimate of drug-likeness (QED) is 0.554. The lowest BCUT2D eigenvalue weighted by Gasteiger charge is -2.27. The van der Waals surface area contributed by atoms with E-state index in [1.807, 2.05) is 27.7 Å². The van der Waals surface area contributed by atoms with Gasteiger partial charge in [0, 0.05) is 13.2 Å². The molecule has 5 nitrogen and oxygen atoms in total. The number of likely N-dealkylation sites (tertiary alicyclic amines) is 1. The largest absolute Gasteiger partial charge is 0.458 e. The SMILES string of the molecule is CCCOCCC(=O)N1CCC[C@@H]1C(=O)OC(C)(C)C. The van der Waals surface area contributed by atoms with Gasteiger partial charge in [0.1, 0.15) is 11.6 Å². The minimum absolute atomic E-state index is 0.0190. The molecule has 1 rings (SSSR count). The summed E-state index contributed by atoms with van der Waals surface area (Å²) in [5.41, 5.74) is -0.515. The number of nitrogens with zero attached hydrogens (tertiary/aromatic N) is 1. The highest BCUT2D eigenvalue weighted by atomic mass is 16.6. The zero-order valence-electron chi connectivity index (χ0n) is 13.1. The van der Waals surface area contributed by atoms with Gasteiger partial charge < -0.3 is 14.4 Å². The van der Waals surface area contributed by atoms with Crippen LogP contribution in [0.1, 0.15) is 53.4 Å². The highest BCUT2D eigenvalue weighted by molar-refractivity contribution is 5.85. The first kappa shape index (κ1) is 17.0. The van der Waals surface area contributed by atoms with E-state index in [4.69, 9.17) is 9.47 Å². The van der Waals surface area contributed by atoms with Crippen LogP contribution in [0.2, 0.25) is 0 Å². The molecule has 0 saturated carbocycles. The number of carbonyl (C=O) groups excluding carboxylic acids is 2. The second kappa shape index (κ2) is 7.62. The van der Waals surface area contributed by atoms with Crippen molar-refractivity contribution in [3.63, 3.8) is 0 Å². The molecule has 1 atom stereocenters. The Morgan fingerprint density at radius 3 is 2.55 bits per heavy atom. The third-order valence-corrected chi connectivity index (χ3v) is 3.06. The van der Waals surface area contributed by atoms with Crippen molar-refractivity contribution in [2.24, 2.45) is 0 Å². The molecule has 5 heteroatoms. The molecule has 0 aromatic heterocycles. The Kier molecular flexibility index (Phi) is 6.46. The van der Waals surface area contributed by atoms with Crippen molar-refractivity contribution in [1.29, 1.82) is 0 Å².